The van der Waals surface area contributed by atoms with Gasteiger partial charge in [0.05, 0.1) is 6.04 Å². The number of para-hydroxylation sites is 1. The number of aliphatic hydroxyl groups is 1. The van der Waals surface area contributed by atoms with Gasteiger partial charge in [-0.15, -0.1) is 0 Å². The van der Waals surface area contributed by atoms with Crippen LogP contribution in [0.5, 0.6) is 0 Å². The molecule has 0 aromatic heterocycles. The number of likely N-dealkylation sites (N-methyl/N-ethyl adjacent to an activating group) is 1. The SMILES string of the molecule is Cc1ccccc1NC(=O)C(C)N(C)CC(O)C(F)(F)F. The van der Waals surface area contributed by atoms with Gasteiger partial charge in [0.1, 0.15) is 0 Å². The summed E-state index contributed by atoms with van der Waals surface area (Å²) in [6.45, 7) is 2.64. The number of halogens is 3. The monoisotopic (exact) mass is 304 g/mol. The summed E-state index contributed by atoms with van der Waals surface area (Å²) in [6.07, 6.45) is -7.17. The summed E-state index contributed by atoms with van der Waals surface area (Å²) in [7, 11) is 1.36. The number of carbonyl (C=O) groups excluding carboxylic acids is 1. The molecule has 1 aromatic rings. The Kier molecular flexibility index (Phi) is 5.74. The first-order chi connectivity index (χ1) is 9.62. The van der Waals surface area contributed by atoms with Crippen LogP contribution in [0, 0.1) is 6.92 Å². The first-order valence-corrected chi connectivity index (χ1v) is 6.44. The Bertz CT molecular complexity index is 491. The first-order valence-electron chi connectivity index (χ1n) is 6.44. The quantitative estimate of drug-likeness (QED) is 0.876. The Morgan fingerprint density at radius 3 is 2.48 bits per heavy atom. The summed E-state index contributed by atoms with van der Waals surface area (Å²) < 4.78 is 36.9. The fourth-order valence-corrected chi connectivity index (χ4v) is 1.68. The van der Waals surface area contributed by atoms with E-state index in [0.717, 1.165) is 10.5 Å². The maximum Gasteiger partial charge on any atom is 0.415 e. The van der Waals surface area contributed by atoms with E-state index in [4.69, 9.17) is 5.11 Å². The molecule has 0 aliphatic carbocycles. The van der Waals surface area contributed by atoms with Crippen LogP contribution in [-0.4, -0.2) is 47.8 Å². The predicted octanol–water partition coefficient (Wildman–Crippen LogP) is 2.18. The van der Waals surface area contributed by atoms with Crippen LogP contribution >= 0.6 is 0 Å². The number of benzene rings is 1. The van der Waals surface area contributed by atoms with Crippen molar-refractivity contribution in [2.24, 2.45) is 0 Å². The van der Waals surface area contributed by atoms with Crippen molar-refractivity contribution in [1.82, 2.24) is 4.90 Å². The fraction of sp³-hybridized carbons (Fsp3) is 0.500. The lowest BCUT2D eigenvalue weighted by Crippen LogP contribution is -2.46. The van der Waals surface area contributed by atoms with Crippen LogP contribution in [0.15, 0.2) is 24.3 Å². The summed E-state index contributed by atoms with van der Waals surface area (Å²) in [5.41, 5.74) is 1.47. The van der Waals surface area contributed by atoms with E-state index >= 15 is 0 Å². The fourth-order valence-electron chi connectivity index (χ4n) is 1.68. The minimum absolute atomic E-state index is 0.429. The van der Waals surface area contributed by atoms with E-state index < -0.39 is 30.8 Å². The number of nitrogens with one attached hydrogen (secondary N) is 1. The van der Waals surface area contributed by atoms with Gasteiger partial charge < -0.3 is 10.4 Å². The second-order valence-electron chi connectivity index (χ2n) is 4.98. The zero-order valence-electron chi connectivity index (χ0n) is 12.1. The molecule has 0 radical (unpaired) electrons. The maximum absolute atomic E-state index is 12.3. The number of amides is 1. The minimum Gasteiger partial charge on any atom is -0.382 e. The molecule has 0 fully saturated rings. The van der Waals surface area contributed by atoms with Gasteiger partial charge in [-0.2, -0.15) is 13.2 Å². The average molecular weight is 304 g/mol. The molecule has 0 bridgehead atoms. The Morgan fingerprint density at radius 2 is 1.95 bits per heavy atom. The summed E-state index contributed by atoms with van der Waals surface area (Å²) in [4.78, 5) is 13.2. The topological polar surface area (TPSA) is 52.6 Å². The van der Waals surface area contributed by atoms with E-state index in [1.807, 2.05) is 19.1 Å². The van der Waals surface area contributed by atoms with Crippen molar-refractivity contribution in [3.8, 4) is 0 Å². The van der Waals surface area contributed by atoms with E-state index in [1.54, 1.807) is 12.1 Å². The van der Waals surface area contributed by atoms with E-state index in [9.17, 15) is 18.0 Å². The van der Waals surface area contributed by atoms with Crippen LogP contribution in [0.2, 0.25) is 0 Å². The molecule has 0 heterocycles. The zero-order valence-corrected chi connectivity index (χ0v) is 12.1. The third-order valence-electron chi connectivity index (χ3n) is 3.28. The highest BCUT2D eigenvalue weighted by Crippen LogP contribution is 2.21. The number of carbonyl (C=O) groups is 1. The molecule has 118 valence electrons. The lowest BCUT2D eigenvalue weighted by molar-refractivity contribution is -0.208. The lowest BCUT2D eigenvalue weighted by Gasteiger charge is -2.27. The number of hydrogen-bond acceptors (Lipinski definition) is 3. The van der Waals surface area contributed by atoms with Crippen molar-refractivity contribution in [2.45, 2.75) is 32.2 Å². The molecule has 0 aliphatic heterocycles. The number of rotatable bonds is 5. The van der Waals surface area contributed by atoms with Crippen molar-refractivity contribution < 1.29 is 23.1 Å². The molecule has 2 atom stereocenters. The number of alkyl halides is 3. The predicted molar refractivity (Wildman–Crippen MR) is 74.0 cm³/mol. The van der Waals surface area contributed by atoms with Crippen LogP contribution in [0.4, 0.5) is 18.9 Å². The molecule has 0 spiro atoms. The van der Waals surface area contributed by atoms with Crippen LogP contribution in [0.25, 0.3) is 0 Å². The van der Waals surface area contributed by atoms with Crippen molar-refractivity contribution in [1.29, 1.82) is 0 Å². The molecule has 0 aliphatic rings. The summed E-state index contributed by atoms with van der Waals surface area (Å²) in [6, 6.07) is 6.30. The van der Waals surface area contributed by atoms with E-state index in [0.29, 0.717) is 5.69 Å². The molecule has 0 saturated heterocycles. The summed E-state index contributed by atoms with van der Waals surface area (Å²) in [5, 5.41) is 11.7. The Labute approximate surface area is 121 Å². The second kappa shape index (κ2) is 6.91. The van der Waals surface area contributed by atoms with Crippen molar-refractivity contribution in [3.63, 3.8) is 0 Å². The van der Waals surface area contributed by atoms with Crippen LogP contribution in [0.1, 0.15) is 12.5 Å². The van der Waals surface area contributed by atoms with E-state index in [2.05, 4.69) is 5.32 Å². The third kappa shape index (κ3) is 5.02. The standard InChI is InChI=1S/C14H19F3N2O2/c1-9-6-4-5-7-11(9)18-13(21)10(2)19(3)8-12(20)14(15,16)17/h4-7,10,12,20H,8H2,1-3H3,(H,18,21). The maximum atomic E-state index is 12.3. The highest BCUT2D eigenvalue weighted by atomic mass is 19.4. The zero-order chi connectivity index (χ0) is 16.2. The smallest absolute Gasteiger partial charge is 0.382 e. The molecule has 2 unspecified atom stereocenters. The minimum atomic E-state index is -4.69. The molecule has 7 heteroatoms. The Hall–Kier alpha value is -1.60. The molecule has 21 heavy (non-hydrogen) atoms. The first kappa shape index (κ1) is 17.5. The van der Waals surface area contributed by atoms with Gasteiger partial charge in [-0.05, 0) is 32.5 Å². The van der Waals surface area contributed by atoms with Gasteiger partial charge in [0, 0.05) is 12.2 Å². The van der Waals surface area contributed by atoms with Crippen molar-refractivity contribution >= 4 is 11.6 Å². The van der Waals surface area contributed by atoms with Gasteiger partial charge in [0.25, 0.3) is 0 Å². The molecule has 4 nitrogen and oxygen atoms in total. The van der Waals surface area contributed by atoms with Gasteiger partial charge >= 0.3 is 6.18 Å². The number of hydrogen-bond donors (Lipinski definition) is 2. The lowest BCUT2D eigenvalue weighted by atomic mass is 10.2. The largest absolute Gasteiger partial charge is 0.415 e. The van der Waals surface area contributed by atoms with Crippen LogP contribution < -0.4 is 5.32 Å². The highest BCUT2D eigenvalue weighted by Gasteiger charge is 2.39. The average Bonchev–Trinajstić information content (AvgIpc) is 2.39. The normalized spacial score (nSPS) is 14.9. The molecule has 1 rings (SSSR count). The number of aryl methyl sites for hydroxylation is 1. The van der Waals surface area contributed by atoms with Gasteiger partial charge in [-0.25, -0.2) is 0 Å². The van der Waals surface area contributed by atoms with E-state index in [-0.39, 0.29) is 0 Å². The van der Waals surface area contributed by atoms with Crippen LogP contribution in [-0.2, 0) is 4.79 Å². The molecule has 2 N–H and O–H groups in total. The number of nitrogens with zero attached hydrogens (tertiary/aromatic N) is 1. The van der Waals surface area contributed by atoms with Crippen molar-refractivity contribution in [2.75, 3.05) is 18.9 Å². The molecular weight excluding hydrogens is 285 g/mol. The van der Waals surface area contributed by atoms with Gasteiger partial charge in [0.15, 0.2) is 6.10 Å². The molecule has 0 saturated carbocycles. The van der Waals surface area contributed by atoms with Gasteiger partial charge in [-0.1, -0.05) is 18.2 Å². The number of aliphatic hydroxyl groups excluding tert-OH is 1. The Balaban J connectivity index is 2.64. The molecule has 1 aromatic carbocycles. The van der Waals surface area contributed by atoms with E-state index in [1.165, 1.54) is 14.0 Å². The van der Waals surface area contributed by atoms with Gasteiger partial charge in [0.2, 0.25) is 5.91 Å². The highest BCUT2D eigenvalue weighted by molar-refractivity contribution is 5.95. The van der Waals surface area contributed by atoms with Gasteiger partial charge in [-0.3, -0.25) is 9.69 Å². The number of anilines is 1. The second-order valence-corrected chi connectivity index (χ2v) is 4.98. The van der Waals surface area contributed by atoms with Crippen molar-refractivity contribution in [3.05, 3.63) is 29.8 Å². The third-order valence-corrected chi connectivity index (χ3v) is 3.28. The molecule has 1 amide bonds. The summed E-state index contributed by atoms with van der Waals surface area (Å²) in [5.74, 6) is -0.429. The van der Waals surface area contributed by atoms with Crippen LogP contribution in [0.3, 0.4) is 0 Å². The summed E-state index contributed by atoms with van der Waals surface area (Å²) >= 11 is 0. The molecular formula is C14H19F3N2O2. The Morgan fingerprint density at radius 1 is 1.38 bits per heavy atom.